The summed E-state index contributed by atoms with van der Waals surface area (Å²) in [6.45, 7) is 1.82. The van der Waals surface area contributed by atoms with Crippen LogP contribution in [0.2, 0.25) is 0 Å². The molecule has 1 atom stereocenters. The molecule has 0 radical (unpaired) electrons. The molecule has 0 saturated heterocycles. The lowest BCUT2D eigenvalue weighted by molar-refractivity contribution is 0.0691. The predicted molar refractivity (Wildman–Crippen MR) is 63.9 cm³/mol. The van der Waals surface area contributed by atoms with E-state index in [-0.39, 0.29) is 17.4 Å². The minimum absolute atomic E-state index is 0.115. The third kappa shape index (κ3) is 2.88. The lowest BCUT2D eigenvalue weighted by atomic mass is 10.00. The number of carbonyl (C=O) groups is 1. The lowest BCUT2D eigenvalue weighted by Gasteiger charge is -2.15. The summed E-state index contributed by atoms with van der Waals surface area (Å²) in [7, 11) is 2.88. The first-order chi connectivity index (χ1) is 8.01. The van der Waals surface area contributed by atoms with Crippen LogP contribution in [-0.2, 0) is 6.42 Å². The number of ether oxygens (including phenoxy) is 2. The Kier molecular flexibility index (Phi) is 4.34. The van der Waals surface area contributed by atoms with Gasteiger partial charge in [-0.1, -0.05) is 6.07 Å². The van der Waals surface area contributed by atoms with E-state index in [2.05, 4.69) is 0 Å². The Morgan fingerprint density at radius 1 is 1.41 bits per heavy atom. The van der Waals surface area contributed by atoms with Crippen molar-refractivity contribution >= 4 is 5.97 Å². The zero-order valence-electron chi connectivity index (χ0n) is 10.2. The summed E-state index contributed by atoms with van der Waals surface area (Å²) in [5.74, 6) is -0.409. The molecule has 0 aliphatic heterocycles. The van der Waals surface area contributed by atoms with Crippen molar-refractivity contribution in [3.63, 3.8) is 0 Å². The smallest absolute Gasteiger partial charge is 0.339 e. The maximum absolute atomic E-state index is 11.3. The van der Waals surface area contributed by atoms with Gasteiger partial charge in [-0.05, 0) is 25.0 Å². The molecule has 3 N–H and O–H groups in total. The second-order valence-corrected chi connectivity index (χ2v) is 3.82. The molecular weight excluding hydrogens is 222 g/mol. The van der Waals surface area contributed by atoms with Crippen LogP contribution < -0.4 is 15.2 Å². The van der Waals surface area contributed by atoms with E-state index in [1.54, 1.807) is 12.1 Å². The maximum Gasteiger partial charge on any atom is 0.339 e. The Labute approximate surface area is 100 Å². The highest BCUT2D eigenvalue weighted by atomic mass is 16.5. The summed E-state index contributed by atoms with van der Waals surface area (Å²) in [5, 5.41) is 9.23. The average Bonchev–Trinajstić information content (AvgIpc) is 2.26. The first-order valence-corrected chi connectivity index (χ1v) is 5.24. The zero-order chi connectivity index (χ0) is 13.0. The van der Waals surface area contributed by atoms with Gasteiger partial charge in [-0.15, -0.1) is 0 Å². The third-order valence-electron chi connectivity index (χ3n) is 2.39. The Morgan fingerprint density at radius 2 is 2.06 bits per heavy atom. The highest BCUT2D eigenvalue weighted by molar-refractivity contribution is 5.94. The van der Waals surface area contributed by atoms with Crippen LogP contribution in [0.3, 0.4) is 0 Å². The van der Waals surface area contributed by atoms with Crippen LogP contribution >= 0.6 is 0 Å². The summed E-state index contributed by atoms with van der Waals surface area (Å²) in [6.07, 6.45) is 0.474. The number of nitrogens with two attached hydrogens (primary N) is 1. The number of carboxylic acid groups (broad SMARTS) is 1. The fourth-order valence-corrected chi connectivity index (χ4v) is 1.72. The highest BCUT2D eigenvalue weighted by Crippen LogP contribution is 2.33. The Bertz CT molecular complexity index is 415. The van der Waals surface area contributed by atoms with Crippen LogP contribution in [0.5, 0.6) is 11.5 Å². The Balaban J connectivity index is 3.36. The molecular formula is C12H17NO4. The van der Waals surface area contributed by atoms with Gasteiger partial charge in [-0.2, -0.15) is 0 Å². The topological polar surface area (TPSA) is 81.8 Å². The number of hydrogen-bond donors (Lipinski definition) is 2. The normalized spacial score (nSPS) is 12.0. The van der Waals surface area contributed by atoms with E-state index in [1.165, 1.54) is 14.2 Å². The molecule has 0 bridgehead atoms. The number of hydrogen-bond acceptors (Lipinski definition) is 4. The van der Waals surface area contributed by atoms with Gasteiger partial charge in [0, 0.05) is 6.04 Å². The van der Waals surface area contributed by atoms with Gasteiger partial charge in [-0.3, -0.25) is 0 Å². The number of benzene rings is 1. The summed E-state index contributed by atoms with van der Waals surface area (Å²) in [4.78, 5) is 11.3. The summed E-state index contributed by atoms with van der Waals surface area (Å²) in [5.41, 5.74) is 6.45. The summed E-state index contributed by atoms with van der Waals surface area (Å²) < 4.78 is 10.2. The van der Waals surface area contributed by atoms with Gasteiger partial charge in [-0.25, -0.2) is 4.79 Å². The second-order valence-electron chi connectivity index (χ2n) is 3.82. The van der Waals surface area contributed by atoms with E-state index in [9.17, 15) is 9.90 Å². The van der Waals surface area contributed by atoms with Crippen LogP contribution in [0.1, 0.15) is 22.8 Å². The molecule has 0 aliphatic carbocycles. The number of carboxylic acids is 1. The van der Waals surface area contributed by atoms with Crippen molar-refractivity contribution in [2.45, 2.75) is 19.4 Å². The van der Waals surface area contributed by atoms with Crippen molar-refractivity contribution in [1.29, 1.82) is 0 Å². The van der Waals surface area contributed by atoms with E-state index in [0.29, 0.717) is 17.7 Å². The van der Waals surface area contributed by atoms with Gasteiger partial charge in [0.25, 0.3) is 0 Å². The molecule has 5 heteroatoms. The Morgan fingerprint density at radius 3 is 2.47 bits per heavy atom. The van der Waals surface area contributed by atoms with Crippen molar-refractivity contribution in [3.8, 4) is 11.5 Å². The molecule has 0 heterocycles. The van der Waals surface area contributed by atoms with Gasteiger partial charge >= 0.3 is 5.97 Å². The fourth-order valence-electron chi connectivity index (χ4n) is 1.72. The van der Waals surface area contributed by atoms with Gasteiger partial charge in [0.05, 0.1) is 14.2 Å². The molecule has 0 amide bonds. The van der Waals surface area contributed by atoms with Crippen LogP contribution in [0.25, 0.3) is 0 Å². The van der Waals surface area contributed by atoms with Crippen molar-refractivity contribution in [3.05, 3.63) is 23.3 Å². The van der Waals surface area contributed by atoms with E-state index in [1.807, 2.05) is 6.92 Å². The Hall–Kier alpha value is -1.75. The first-order valence-electron chi connectivity index (χ1n) is 5.24. The maximum atomic E-state index is 11.3. The SMILES string of the molecule is COc1ccc(CC(C)N)c(C(=O)O)c1OC. The fraction of sp³-hybridized carbons (Fsp3) is 0.417. The predicted octanol–water partition coefficient (Wildman–Crippen LogP) is 1.29. The van der Waals surface area contributed by atoms with Crippen molar-refractivity contribution < 1.29 is 19.4 Å². The number of methoxy groups -OCH3 is 2. The van der Waals surface area contributed by atoms with E-state index in [0.717, 1.165) is 0 Å². The molecule has 1 unspecified atom stereocenters. The van der Waals surface area contributed by atoms with Crippen LogP contribution in [0, 0.1) is 0 Å². The molecule has 94 valence electrons. The minimum atomic E-state index is -1.04. The van der Waals surface area contributed by atoms with E-state index >= 15 is 0 Å². The number of aromatic carboxylic acids is 1. The molecule has 0 fully saturated rings. The van der Waals surface area contributed by atoms with Gasteiger partial charge in [0.2, 0.25) is 0 Å². The molecule has 1 rings (SSSR count). The lowest BCUT2D eigenvalue weighted by Crippen LogP contribution is -2.20. The van der Waals surface area contributed by atoms with E-state index in [4.69, 9.17) is 15.2 Å². The molecule has 0 aliphatic rings. The van der Waals surface area contributed by atoms with Crippen molar-refractivity contribution in [2.24, 2.45) is 5.73 Å². The zero-order valence-corrected chi connectivity index (χ0v) is 10.2. The summed E-state index contributed by atoms with van der Waals surface area (Å²) in [6, 6.07) is 3.27. The molecule has 17 heavy (non-hydrogen) atoms. The summed E-state index contributed by atoms with van der Waals surface area (Å²) >= 11 is 0. The van der Waals surface area contributed by atoms with Crippen molar-refractivity contribution in [2.75, 3.05) is 14.2 Å². The quantitative estimate of drug-likeness (QED) is 0.809. The van der Waals surface area contributed by atoms with Gasteiger partial charge < -0.3 is 20.3 Å². The monoisotopic (exact) mass is 239 g/mol. The van der Waals surface area contributed by atoms with E-state index < -0.39 is 5.97 Å². The molecule has 5 nitrogen and oxygen atoms in total. The standard InChI is InChI=1S/C12H17NO4/c1-7(13)6-8-4-5-9(16-2)11(17-3)10(8)12(14)15/h4-5,7H,6,13H2,1-3H3,(H,14,15). The van der Waals surface area contributed by atoms with Crippen molar-refractivity contribution in [1.82, 2.24) is 0 Å². The molecule has 1 aromatic rings. The molecule has 1 aromatic carbocycles. The van der Waals surface area contributed by atoms with Crippen LogP contribution in [-0.4, -0.2) is 31.3 Å². The average molecular weight is 239 g/mol. The molecule has 0 spiro atoms. The van der Waals surface area contributed by atoms with Crippen LogP contribution in [0.4, 0.5) is 0 Å². The molecule has 0 aromatic heterocycles. The molecule has 0 saturated carbocycles. The minimum Gasteiger partial charge on any atom is -0.493 e. The highest BCUT2D eigenvalue weighted by Gasteiger charge is 2.21. The number of rotatable bonds is 5. The first kappa shape index (κ1) is 13.3. The largest absolute Gasteiger partial charge is 0.493 e. The second kappa shape index (κ2) is 5.54. The van der Waals surface area contributed by atoms with Gasteiger partial charge in [0.1, 0.15) is 5.56 Å². The third-order valence-corrected chi connectivity index (χ3v) is 2.39. The van der Waals surface area contributed by atoms with Gasteiger partial charge in [0.15, 0.2) is 11.5 Å². The van der Waals surface area contributed by atoms with Crippen LogP contribution in [0.15, 0.2) is 12.1 Å².